The van der Waals surface area contributed by atoms with E-state index in [9.17, 15) is 0 Å². The summed E-state index contributed by atoms with van der Waals surface area (Å²) >= 11 is 1.79. The van der Waals surface area contributed by atoms with Gasteiger partial charge in [-0.15, -0.1) is 11.3 Å². The first-order valence-electron chi connectivity index (χ1n) is 19.3. The second-order valence-corrected chi connectivity index (χ2v) is 15.3. The van der Waals surface area contributed by atoms with Gasteiger partial charge in [0.2, 0.25) is 0 Å². The molecule has 3 heterocycles. The number of para-hydroxylation sites is 1. The normalized spacial score (nSPS) is 11.4. The van der Waals surface area contributed by atoms with Crippen LogP contribution in [0.1, 0.15) is 0 Å². The highest BCUT2D eigenvalue weighted by molar-refractivity contribution is 7.26. The first-order chi connectivity index (χ1) is 28.7. The Hall–Kier alpha value is -7.54. The molecule has 0 atom stereocenters. The lowest BCUT2D eigenvalue weighted by Crippen LogP contribution is -2.00. The molecule has 0 aliphatic rings. The number of nitrogens with zero attached hydrogens (tertiary/aromatic N) is 5. The smallest absolute Gasteiger partial charge is 0.165 e. The Bertz CT molecular complexity index is 3210. The molecule has 0 saturated heterocycles. The summed E-state index contributed by atoms with van der Waals surface area (Å²) in [6.07, 6.45) is 0. The molecule has 0 radical (unpaired) electrons. The molecule has 0 aliphatic carbocycles. The quantitative estimate of drug-likeness (QED) is 0.162. The fourth-order valence-corrected chi connectivity index (χ4v) is 9.24. The molecular weight excluding hydrogens is 727 g/mol. The lowest BCUT2D eigenvalue weighted by molar-refractivity contribution is 1.08. The van der Waals surface area contributed by atoms with Crippen molar-refractivity contribution in [3.8, 4) is 73.5 Å². The van der Waals surface area contributed by atoms with E-state index in [0.29, 0.717) is 17.5 Å². The Balaban J connectivity index is 1.06. The fourth-order valence-electron chi connectivity index (χ4n) is 7.90. The van der Waals surface area contributed by atoms with Crippen LogP contribution in [0.4, 0.5) is 0 Å². The molecule has 5 nitrogen and oxygen atoms in total. The first-order valence-corrected chi connectivity index (χ1v) is 20.1. The fraction of sp³-hybridized carbons (Fsp3) is 0. The monoisotopic (exact) mass is 759 g/mol. The van der Waals surface area contributed by atoms with E-state index in [-0.39, 0.29) is 0 Å². The van der Waals surface area contributed by atoms with Gasteiger partial charge in [-0.25, -0.2) is 19.9 Å². The molecule has 272 valence electrons. The number of benzene rings is 8. The summed E-state index contributed by atoms with van der Waals surface area (Å²) in [5.74, 6) is 2.86. The summed E-state index contributed by atoms with van der Waals surface area (Å²) in [7, 11) is 0. The number of thiophene rings is 1. The van der Waals surface area contributed by atoms with Crippen molar-refractivity contribution in [2.45, 2.75) is 0 Å². The van der Waals surface area contributed by atoms with E-state index in [1.54, 1.807) is 11.3 Å². The third kappa shape index (κ3) is 5.95. The van der Waals surface area contributed by atoms with E-state index in [1.165, 1.54) is 26.6 Å². The standard InChI is InChI=1S/C52H33N5S/c1-5-16-34(17-6-1)37-30-31-45-46(33-37)57(40-24-11-4-12-25-40)52(53-45)39-23-13-22-38(32-39)41-26-14-27-42-43-28-15-29-44(48(43)58-47(41)42)51-55-49(35-18-7-2-8-19-35)54-50(56-51)36-20-9-3-10-21-36/h1-33H. The highest BCUT2D eigenvalue weighted by Gasteiger charge is 2.20. The maximum atomic E-state index is 5.28. The maximum Gasteiger partial charge on any atom is 0.165 e. The second-order valence-electron chi connectivity index (χ2n) is 14.3. The topological polar surface area (TPSA) is 56.5 Å². The summed E-state index contributed by atoms with van der Waals surface area (Å²) in [4.78, 5) is 20.4. The van der Waals surface area contributed by atoms with E-state index in [2.05, 4.69) is 144 Å². The number of aromatic nitrogens is 5. The van der Waals surface area contributed by atoms with Gasteiger partial charge in [-0.2, -0.15) is 0 Å². The molecule has 0 spiro atoms. The van der Waals surface area contributed by atoms with Gasteiger partial charge in [0.05, 0.1) is 11.0 Å². The number of fused-ring (bicyclic) bond motifs is 4. The third-order valence-electron chi connectivity index (χ3n) is 10.7. The predicted octanol–water partition coefficient (Wildman–Crippen LogP) is 13.6. The summed E-state index contributed by atoms with van der Waals surface area (Å²) in [6, 6.07) is 69.8. The van der Waals surface area contributed by atoms with E-state index >= 15 is 0 Å². The van der Waals surface area contributed by atoms with Crippen LogP contribution < -0.4 is 0 Å². The van der Waals surface area contributed by atoms with Crippen LogP contribution in [0.25, 0.3) is 105 Å². The van der Waals surface area contributed by atoms with Crippen molar-refractivity contribution in [3.63, 3.8) is 0 Å². The van der Waals surface area contributed by atoms with Crippen LogP contribution in [0, 0.1) is 0 Å². The average Bonchev–Trinajstić information content (AvgIpc) is 3.89. The van der Waals surface area contributed by atoms with Gasteiger partial charge in [0.1, 0.15) is 5.82 Å². The van der Waals surface area contributed by atoms with Crippen LogP contribution >= 0.6 is 11.3 Å². The lowest BCUT2D eigenvalue weighted by atomic mass is 10.00. The Morgan fingerprint density at radius 3 is 1.52 bits per heavy atom. The number of rotatable bonds is 7. The van der Waals surface area contributed by atoms with E-state index < -0.39 is 0 Å². The second kappa shape index (κ2) is 14.2. The van der Waals surface area contributed by atoms with Crippen LogP contribution in [0.15, 0.2) is 200 Å². The molecule has 11 rings (SSSR count). The molecule has 0 fully saturated rings. The molecule has 8 aromatic carbocycles. The van der Waals surface area contributed by atoms with Crippen molar-refractivity contribution in [2.24, 2.45) is 0 Å². The van der Waals surface area contributed by atoms with E-state index in [1.807, 2.05) is 60.7 Å². The van der Waals surface area contributed by atoms with Crippen molar-refractivity contribution < 1.29 is 0 Å². The van der Waals surface area contributed by atoms with Gasteiger partial charge < -0.3 is 0 Å². The molecule has 0 unspecified atom stereocenters. The largest absolute Gasteiger partial charge is 0.292 e. The minimum atomic E-state index is 0.651. The summed E-state index contributed by atoms with van der Waals surface area (Å²) in [5.41, 5.74) is 11.7. The van der Waals surface area contributed by atoms with Gasteiger partial charge in [0, 0.05) is 48.1 Å². The van der Waals surface area contributed by atoms with Crippen LogP contribution in [0.2, 0.25) is 0 Å². The van der Waals surface area contributed by atoms with Crippen molar-refractivity contribution in [1.82, 2.24) is 24.5 Å². The first kappa shape index (κ1) is 33.8. The highest BCUT2D eigenvalue weighted by atomic mass is 32.1. The zero-order chi connectivity index (χ0) is 38.4. The zero-order valence-electron chi connectivity index (χ0n) is 31.2. The molecule has 3 aromatic heterocycles. The average molecular weight is 760 g/mol. The van der Waals surface area contributed by atoms with E-state index in [4.69, 9.17) is 19.9 Å². The Morgan fingerprint density at radius 1 is 0.345 bits per heavy atom. The molecule has 58 heavy (non-hydrogen) atoms. The van der Waals surface area contributed by atoms with E-state index in [0.717, 1.165) is 60.6 Å². The molecule has 0 saturated carbocycles. The van der Waals surface area contributed by atoms with Crippen molar-refractivity contribution in [3.05, 3.63) is 200 Å². The summed E-state index contributed by atoms with van der Waals surface area (Å²) < 4.78 is 4.65. The molecule has 0 amide bonds. The molecule has 0 aliphatic heterocycles. The maximum absolute atomic E-state index is 5.28. The predicted molar refractivity (Wildman–Crippen MR) is 240 cm³/mol. The van der Waals surface area contributed by atoms with Gasteiger partial charge in [-0.1, -0.05) is 164 Å². The number of hydrogen-bond donors (Lipinski definition) is 0. The van der Waals surface area contributed by atoms with Gasteiger partial charge in [0.15, 0.2) is 17.5 Å². The third-order valence-corrected chi connectivity index (χ3v) is 12.0. The molecule has 11 aromatic rings. The molecule has 6 heteroatoms. The Morgan fingerprint density at radius 2 is 0.862 bits per heavy atom. The number of hydrogen-bond acceptors (Lipinski definition) is 5. The van der Waals surface area contributed by atoms with Crippen molar-refractivity contribution in [2.75, 3.05) is 0 Å². The molecule has 0 bridgehead atoms. The molecule has 0 N–H and O–H groups in total. The van der Waals surface area contributed by atoms with Crippen LogP contribution in [0.5, 0.6) is 0 Å². The summed E-state index contributed by atoms with van der Waals surface area (Å²) in [6.45, 7) is 0. The van der Waals surface area contributed by atoms with Gasteiger partial charge in [-0.3, -0.25) is 4.57 Å². The van der Waals surface area contributed by atoms with Crippen molar-refractivity contribution in [1.29, 1.82) is 0 Å². The summed E-state index contributed by atoms with van der Waals surface area (Å²) in [5, 5.41) is 2.38. The van der Waals surface area contributed by atoms with Crippen LogP contribution in [-0.2, 0) is 0 Å². The minimum Gasteiger partial charge on any atom is -0.292 e. The zero-order valence-corrected chi connectivity index (χ0v) is 32.0. The van der Waals surface area contributed by atoms with Crippen molar-refractivity contribution >= 4 is 42.5 Å². The van der Waals surface area contributed by atoms with Gasteiger partial charge in [-0.05, 0) is 58.7 Å². The van der Waals surface area contributed by atoms with Crippen LogP contribution in [-0.4, -0.2) is 24.5 Å². The van der Waals surface area contributed by atoms with Gasteiger partial charge in [0.25, 0.3) is 0 Å². The SMILES string of the molecule is c1ccc(-c2ccc3nc(-c4cccc(-c5cccc6c5sc5c(-c7nc(-c8ccccc8)nc(-c8ccccc8)n7)cccc56)c4)n(-c4ccccc4)c3c2)cc1. The van der Waals surface area contributed by atoms with Gasteiger partial charge >= 0.3 is 0 Å². The molecular formula is C52H33N5S. The Kier molecular flexibility index (Phi) is 8.26. The minimum absolute atomic E-state index is 0.651. The van der Waals surface area contributed by atoms with Crippen LogP contribution in [0.3, 0.4) is 0 Å². The lowest BCUT2D eigenvalue weighted by Gasteiger charge is -2.12. The number of imidazole rings is 1. The highest BCUT2D eigenvalue weighted by Crippen LogP contribution is 2.44. The Labute approximate surface area is 339 Å².